The summed E-state index contributed by atoms with van der Waals surface area (Å²) in [4.78, 5) is 34.5. The molecule has 6 heteroatoms. The van der Waals surface area contributed by atoms with Gasteiger partial charge in [-0.1, -0.05) is 12.1 Å². The minimum absolute atomic E-state index is 0.0503. The van der Waals surface area contributed by atoms with Gasteiger partial charge in [0.1, 0.15) is 6.04 Å². The van der Waals surface area contributed by atoms with E-state index < -0.39 is 11.9 Å². The highest BCUT2D eigenvalue weighted by molar-refractivity contribution is 6.09. The van der Waals surface area contributed by atoms with E-state index in [0.29, 0.717) is 11.3 Å². The Morgan fingerprint density at radius 1 is 1.28 bits per heavy atom. The molecule has 1 aromatic rings. The van der Waals surface area contributed by atoms with Crippen LogP contribution in [-0.4, -0.2) is 23.8 Å². The Balaban J connectivity index is 2.19. The van der Waals surface area contributed by atoms with Gasteiger partial charge in [0.05, 0.1) is 11.3 Å². The van der Waals surface area contributed by atoms with Crippen LogP contribution in [0.1, 0.15) is 23.2 Å². The van der Waals surface area contributed by atoms with Crippen LogP contribution in [0.15, 0.2) is 24.3 Å². The molecule has 0 bridgehead atoms. The van der Waals surface area contributed by atoms with Gasteiger partial charge in [0.25, 0.3) is 5.91 Å². The van der Waals surface area contributed by atoms with Crippen LogP contribution >= 0.6 is 0 Å². The van der Waals surface area contributed by atoms with E-state index in [0.717, 1.165) is 0 Å². The fourth-order valence-corrected chi connectivity index (χ4v) is 1.80. The van der Waals surface area contributed by atoms with Crippen molar-refractivity contribution < 1.29 is 14.4 Å². The van der Waals surface area contributed by atoms with Crippen molar-refractivity contribution in [2.24, 2.45) is 5.73 Å². The van der Waals surface area contributed by atoms with Crippen molar-refractivity contribution in [2.45, 2.75) is 18.9 Å². The molecule has 94 valence electrons. The van der Waals surface area contributed by atoms with Gasteiger partial charge in [0.2, 0.25) is 11.8 Å². The fraction of sp³-hybridized carbons (Fsp3) is 0.250. The molecule has 3 amide bonds. The van der Waals surface area contributed by atoms with Gasteiger partial charge >= 0.3 is 0 Å². The van der Waals surface area contributed by atoms with Crippen molar-refractivity contribution in [1.82, 2.24) is 5.32 Å². The molecule has 0 saturated heterocycles. The van der Waals surface area contributed by atoms with E-state index >= 15 is 0 Å². The average Bonchev–Trinajstić information content (AvgIpc) is 2.45. The van der Waals surface area contributed by atoms with Crippen LogP contribution in [0.3, 0.4) is 0 Å². The number of rotatable bonds is 3. The monoisotopic (exact) mass is 247 g/mol. The van der Waals surface area contributed by atoms with Crippen LogP contribution in [0.2, 0.25) is 0 Å². The molecule has 6 nitrogen and oxygen atoms in total. The Bertz CT molecular complexity index is 513. The number of fused-ring (bicyclic) bond motifs is 1. The van der Waals surface area contributed by atoms with Gasteiger partial charge in [-0.25, -0.2) is 0 Å². The maximum absolute atomic E-state index is 11.9. The molecule has 0 saturated carbocycles. The number of primary amides is 1. The molecular weight excluding hydrogens is 234 g/mol. The van der Waals surface area contributed by atoms with Crippen molar-refractivity contribution >= 4 is 23.4 Å². The first-order valence-electron chi connectivity index (χ1n) is 5.57. The molecule has 18 heavy (non-hydrogen) atoms. The number of nitrogens with one attached hydrogen (secondary N) is 2. The standard InChI is InChI=1S/C12H13N3O3/c13-10(16)6-5-9-12(18)14-8-4-2-1-3-7(8)11(17)15-9/h1-4,9H,5-6H2,(H2,13,16)(H,14,18)(H,15,17). The summed E-state index contributed by atoms with van der Waals surface area (Å²) in [5.41, 5.74) is 5.91. The summed E-state index contributed by atoms with van der Waals surface area (Å²) >= 11 is 0. The minimum Gasteiger partial charge on any atom is -0.370 e. The Morgan fingerprint density at radius 3 is 2.72 bits per heavy atom. The third-order valence-corrected chi connectivity index (χ3v) is 2.73. The van der Waals surface area contributed by atoms with E-state index in [1.54, 1.807) is 24.3 Å². The van der Waals surface area contributed by atoms with Crippen LogP contribution in [0, 0.1) is 0 Å². The predicted molar refractivity (Wildman–Crippen MR) is 64.8 cm³/mol. The first-order valence-corrected chi connectivity index (χ1v) is 5.57. The maximum atomic E-state index is 11.9. The fourth-order valence-electron chi connectivity index (χ4n) is 1.80. The topological polar surface area (TPSA) is 101 Å². The van der Waals surface area contributed by atoms with Crippen molar-refractivity contribution in [1.29, 1.82) is 0 Å². The van der Waals surface area contributed by atoms with Crippen LogP contribution in [0.5, 0.6) is 0 Å². The number of amides is 3. The molecule has 0 spiro atoms. The van der Waals surface area contributed by atoms with E-state index in [9.17, 15) is 14.4 Å². The van der Waals surface area contributed by atoms with Crippen LogP contribution in [0.4, 0.5) is 5.69 Å². The molecule has 1 aliphatic rings. The lowest BCUT2D eigenvalue weighted by atomic mass is 10.1. The zero-order valence-corrected chi connectivity index (χ0v) is 9.60. The molecule has 1 aliphatic heterocycles. The van der Waals surface area contributed by atoms with Crippen molar-refractivity contribution in [3.63, 3.8) is 0 Å². The summed E-state index contributed by atoms with van der Waals surface area (Å²) in [5.74, 6) is -1.17. The summed E-state index contributed by atoms with van der Waals surface area (Å²) in [6, 6.07) is 5.99. The number of hydrogen-bond donors (Lipinski definition) is 3. The first-order chi connectivity index (χ1) is 8.58. The van der Waals surface area contributed by atoms with Crippen LogP contribution in [-0.2, 0) is 9.59 Å². The molecule has 4 N–H and O–H groups in total. The van der Waals surface area contributed by atoms with Crippen molar-refractivity contribution in [3.8, 4) is 0 Å². The van der Waals surface area contributed by atoms with Gasteiger partial charge in [-0.3, -0.25) is 14.4 Å². The number of carbonyl (C=O) groups is 3. The van der Waals surface area contributed by atoms with Crippen LogP contribution < -0.4 is 16.4 Å². The third kappa shape index (κ3) is 2.48. The van der Waals surface area contributed by atoms with Gasteiger partial charge in [0, 0.05) is 6.42 Å². The van der Waals surface area contributed by atoms with Gasteiger partial charge < -0.3 is 16.4 Å². The SMILES string of the molecule is NC(=O)CCC1NC(=O)c2ccccc2NC1=O. The average molecular weight is 247 g/mol. The van der Waals surface area contributed by atoms with Crippen LogP contribution in [0.25, 0.3) is 0 Å². The summed E-state index contributed by atoms with van der Waals surface area (Å²) in [6.07, 6.45) is 0.246. The first kappa shape index (κ1) is 12.1. The second-order valence-corrected chi connectivity index (χ2v) is 4.07. The molecule has 0 aliphatic carbocycles. The summed E-state index contributed by atoms with van der Waals surface area (Å²) in [5, 5.41) is 5.23. The normalized spacial score (nSPS) is 18.3. The van der Waals surface area contributed by atoms with Gasteiger partial charge in [-0.15, -0.1) is 0 Å². The minimum atomic E-state index is -0.739. The number of hydrogen-bond acceptors (Lipinski definition) is 3. The zero-order valence-electron chi connectivity index (χ0n) is 9.60. The Morgan fingerprint density at radius 2 is 2.00 bits per heavy atom. The van der Waals surface area contributed by atoms with E-state index in [4.69, 9.17) is 5.73 Å². The van der Waals surface area contributed by atoms with E-state index in [1.165, 1.54) is 0 Å². The van der Waals surface area contributed by atoms with Gasteiger partial charge in [-0.2, -0.15) is 0 Å². The molecule has 1 heterocycles. The highest BCUT2D eigenvalue weighted by Gasteiger charge is 2.27. The Kier molecular flexibility index (Phi) is 3.27. The molecular formula is C12H13N3O3. The molecule has 1 unspecified atom stereocenters. The number of para-hydroxylation sites is 1. The molecule has 0 radical (unpaired) electrons. The van der Waals surface area contributed by atoms with Gasteiger partial charge in [-0.05, 0) is 18.6 Å². The summed E-state index contributed by atoms with van der Waals surface area (Å²) in [6.45, 7) is 0. The largest absolute Gasteiger partial charge is 0.370 e. The maximum Gasteiger partial charge on any atom is 0.254 e. The molecule has 1 aromatic carbocycles. The van der Waals surface area contributed by atoms with E-state index in [1.807, 2.05) is 0 Å². The lowest BCUT2D eigenvalue weighted by Crippen LogP contribution is -2.41. The summed E-state index contributed by atoms with van der Waals surface area (Å²) < 4.78 is 0. The number of nitrogens with two attached hydrogens (primary N) is 1. The number of anilines is 1. The number of benzene rings is 1. The van der Waals surface area contributed by atoms with Crippen molar-refractivity contribution in [2.75, 3.05) is 5.32 Å². The zero-order chi connectivity index (χ0) is 13.1. The third-order valence-electron chi connectivity index (χ3n) is 2.73. The lowest BCUT2D eigenvalue weighted by molar-refractivity contribution is -0.119. The highest BCUT2D eigenvalue weighted by atomic mass is 16.2. The Hall–Kier alpha value is -2.37. The smallest absolute Gasteiger partial charge is 0.254 e. The number of carbonyl (C=O) groups excluding carboxylic acids is 3. The molecule has 1 atom stereocenters. The lowest BCUT2D eigenvalue weighted by Gasteiger charge is -2.13. The predicted octanol–water partition coefficient (Wildman–Crippen LogP) is 0.00260. The Labute approximate surface area is 104 Å². The quantitative estimate of drug-likeness (QED) is 0.700. The second-order valence-electron chi connectivity index (χ2n) is 4.07. The molecule has 0 aromatic heterocycles. The van der Waals surface area contributed by atoms with Gasteiger partial charge in [0.15, 0.2) is 0 Å². The second kappa shape index (κ2) is 4.87. The van der Waals surface area contributed by atoms with E-state index in [2.05, 4.69) is 10.6 Å². The van der Waals surface area contributed by atoms with E-state index in [-0.39, 0.29) is 24.7 Å². The summed E-state index contributed by atoms with van der Waals surface area (Å²) in [7, 11) is 0. The highest BCUT2D eigenvalue weighted by Crippen LogP contribution is 2.18. The molecule has 2 rings (SSSR count). The van der Waals surface area contributed by atoms with Crippen molar-refractivity contribution in [3.05, 3.63) is 29.8 Å². The molecule has 0 fully saturated rings.